The third kappa shape index (κ3) is 3.30. The van der Waals surface area contributed by atoms with Crippen LogP contribution in [0.15, 0.2) is 0 Å². The van der Waals surface area contributed by atoms with Crippen LogP contribution in [0.5, 0.6) is 0 Å². The highest BCUT2D eigenvalue weighted by molar-refractivity contribution is 5.03. The van der Waals surface area contributed by atoms with E-state index in [1.165, 1.54) is 51.4 Å². The Morgan fingerprint density at radius 3 is 2.24 bits per heavy atom. The van der Waals surface area contributed by atoms with Crippen LogP contribution in [0.3, 0.4) is 0 Å². The van der Waals surface area contributed by atoms with Gasteiger partial charge in [0.15, 0.2) is 0 Å². The molecule has 1 aliphatic heterocycles. The predicted octanol–water partition coefficient (Wildman–Crippen LogP) is 3.56. The summed E-state index contributed by atoms with van der Waals surface area (Å²) in [7, 11) is 0. The fourth-order valence-electron chi connectivity index (χ4n) is 5.67. The molecular weight excluding hydrogens is 264 g/mol. The number of rotatable bonds is 6. The maximum absolute atomic E-state index is 6.46. The van der Waals surface area contributed by atoms with Crippen LogP contribution in [0, 0.1) is 17.8 Å². The van der Waals surface area contributed by atoms with Crippen molar-refractivity contribution in [2.24, 2.45) is 17.8 Å². The fraction of sp³-hybridized carbons (Fsp3) is 1.00. The van der Waals surface area contributed by atoms with Gasteiger partial charge in [0.1, 0.15) is 0 Å². The summed E-state index contributed by atoms with van der Waals surface area (Å²) in [5.41, 5.74) is 0.291. The highest BCUT2D eigenvalue weighted by atomic mass is 16.6. The Morgan fingerprint density at radius 2 is 1.62 bits per heavy atom. The summed E-state index contributed by atoms with van der Waals surface area (Å²) in [4.78, 5) is 0. The van der Waals surface area contributed by atoms with Crippen LogP contribution in [-0.4, -0.2) is 38.1 Å². The molecule has 4 aliphatic carbocycles. The van der Waals surface area contributed by atoms with E-state index in [0.29, 0.717) is 11.7 Å². The lowest BCUT2D eigenvalue weighted by Crippen LogP contribution is -2.52. The summed E-state index contributed by atoms with van der Waals surface area (Å²) in [5, 5.41) is 0. The quantitative estimate of drug-likeness (QED) is 0.701. The van der Waals surface area contributed by atoms with E-state index in [1.54, 1.807) is 0 Å². The van der Waals surface area contributed by atoms with Crippen molar-refractivity contribution in [3.05, 3.63) is 0 Å². The second kappa shape index (κ2) is 6.17. The van der Waals surface area contributed by atoms with E-state index >= 15 is 0 Å². The van der Waals surface area contributed by atoms with Crippen LogP contribution < -0.4 is 0 Å². The Kier molecular flexibility index (Phi) is 4.25. The minimum atomic E-state index is 0.291. The van der Waals surface area contributed by atoms with Crippen LogP contribution in [0.4, 0.5) is 0 Å². The Bertz CT molecular complexity index is 313. The van der Waals surface area contributed by atoms with Gasteiger partial charge in [-0.1, -0.05) is 0 Å². The van der Waals surface area contributed by atoms with Gasteiger partial charge in [-0.15, -0.1) is 0 Å². The number of hydrogen-bond donors (Lipinski definition) is 0. The standard InChI is InChI=1S/C18H30O3/c1(3-17-13-19-5-6-20-17)2-4-21-18-10-14-7-15(11-18)9-16(8-14)12-18/h14-17H,1-13H2. The average molecular weight is 294 g/mol. The number of hydrogen-bond acceptors (Lipinski definition) is 3. The first kappa shape index (κ1) is 14.5. The van der Waals surface area contributed by atoms with Gasteiger partial charge in [-0.05, 0) is 75.5 Å². The maximum atomic E-state index is 6.46. The maximum Gasteiger partial charge on any atom is 0.0809 e. The lowest BCUT2D eigenvalue weighted by molar-refractivity contribution is -0.163. The summed E-state index contributed by atoms with van der Waals surface area (Å²) in [6, 6.07) is 0. The van der Waals surface area contributed by atoms with Crippen LogP contribution in [-0.2, 0) is 14.2 Å². The normalized spacial score (nSPS) is 45.1. The third-order valence-electron chi connectivity index (χ3n) is 6.20. The minimum Gasteiger partial charge on any atom is -0.376 e. The Labute approximate surface area is 128 Å². The largest absolute Gasteiger partial charge is 0.376 e. The molecule has 5 rings (SSSR count). The Balaban J connectivity index is 1.17. The van der Waals surface area contributed by atoms with Crippen molar-refractivity contribution in [2.45, 2.75) is 69.5 Å². The van der Waals surface area contributed by atoms with Crippen LogP contribution in [0.25, 0.3) is 0 Å². The minimum absolute atomic E-state index is 0.291. The zero-order valence-electron chi connectivity index (χ0n) is 13.2. The predicted molar refractivity (Wildman–Crippen MR) is 81.3 cm³/mol. The monoisotopic (exact) mass is 294 g/mol. The smallest absolute Gasteiger partial charge is 0.0809 e. The Hall–Kier alpha value is -0.120. The molecule has 0 aromatic rings. The molecule has 1 saturated heterocycles. The average Bonchev–Trinajstić information content (AvgIpc) is 2.46. The summed E-state index contributed by atoms with van der Waals surface area (Å²) >= 11 is 0. The molecule has 3 heteroatoms. The van der Waals surface area contributed by atoms with Gasteiger partial charge in [-0.2, -0.15) is 0 Å². The second-order valence-electron chi connectivity index (χ2n) is 8.01. The molecule has 4 saturated carbocycles. The summed E-state index contributed by atoms with van der Waals surface area (Å²) in [6.45, 7) is 3.29. The first-order chi connectivity index (χ1) is 10.3. The second-order valence-corrected chi connectivity index (χ2v) is 8.01. The van der Waals surface area contributed by atoms with Crippen molar-refractivity contribution in [3.63, 3.8) is 0 Å². The van der Waals surface area contributed by atoms with E-state index in [9.17, 15) is 0 Å². The molecule has 120 valence electrons. The molecule has 0 radical (unpaired) electrons. The van der Waals surface area contributed by atoms with Crippen molar-refractivity contribution in [2.75, 3.05) is 26.4 Å². The molecule has 1 heterocycles. The first-order valence-electron chi connectivity index (χ1n) is 9.15. The SMILES string of the molecule is C(CCC1COCCO1)COC12CC3CC(CC(C3)C1)C2. The van der Waals surface area contributed by atoms with Gasteiger partial charge in [0.2, 0.25) is 0 Å². The molecule has 1 unspecified atom stereocenters. The van der Waals surface area contributed by atoms with E-state index < -0.39 is 0 Å². The Morgan fingerprint density at radius 1 is 0.905 bits per heavy atom. The highest BCUT2D eigenvalue weighted by Gasteiger charge is 2.51. The highest BCUT2D eigenvalue weighted by Crippen LogP contribution is 2.57. The van der Waals surface area contributed by atoms with Crippen molar-refractivity contribution in [3.8, 4) is 0 Å². The molecule has 21 heavy (non-hydrogen) atoms. The van der Waals surface area contributed by atoms with Gasteiger partial charge in [0, 0.05) is 6.61 Å². The van der Waals surface area contributed by atoms with Crippen molar-refractivity contribution in [1.29, 1.82) is 0 Å². The van der Waals surface area contributed by atoms with Gasteiger partial charge in [0.25, 0.3) is 0 Å². The zero-order chi connectivity index (χ0) is 14.1. The summed E-state index contributed by atoms with van der Waals surface area (Å²) < 4.78 is 17.6. The molecule has 0 aromatic heterocycles. The molecule has 5 fully saturated rings. The number of ether oxygens (including phenoxy) is 3. The van der Waals surface area contributed by atoms with E-state index in [4.69, 9.17) is 14.2 Å². The van der Waals surface area contributed by atoms with E-state index in [0.717, 1.165) is 50.6 Å². The molecule has 4 bridgehead atoms. The molecule has 1 atom stereocenters. The zero-order valence-corrected chi connectivity index (χ0v) is 13.2. The van der Waals surface area contributed by atoms with Gasteiger partial charge in [-0.3, -0.25) is 0 Å². The molecular formula is C18H30O3. The molecule has 0 N–H and O–H groups in total. The van der Waals surface area contributed by atoms with E-state index in [-0.39, 0.29) is 0 Å². The molecule has 0 aromatic carbocycles. The molecule has 5 aliphatic rings. The first-order valence-corrected chi connectivity index (χ1v) is 9.15. The van der Waals surface area contributed by atoms with Crippen LogP contribution in [0.1, 0.15) is 57.8 Å². The van der Waals surface area contributed by atoms with Gasteiger partial charge >= 0.3 is 0 Å². The topological polar surface area (TPSA) is 27.7 Å². The van der Waals surface area contributed by atoms with Crippen molar-refractivity contribution in [1.82, 2.24) is 0 Å². The summed E-state index contributed by atoms with van der Waals surface area (Å²) in [5.74, 6) is 2.97. The lowest BCUT2D eigenvalue weighted by atomic mass is 9.54. The molecule has 0 spiro atoms. The molecule has 0 amide bonds. The van der Waals surface area contributed by atoms with Gasteiger partial charge < -0.3 is 14.2 Å². The van der Waals surface area contributed by atoms with Gasteiger partial charge in [-0.25, -0.2) is 0 Å². The third-order valence-corrected chi connectivity index (χ3v) is 6.20. The van der Waals surface area contributed by atoms with E-state index in [1.807, 2.05) is 0 Å². The fourth-order valence-corrected chi connectivity index (χ4v) is 5.67. The lowest BCUT2D eigenvalue weighted by Gasteiger charge is -2.56. The summed E-state index contributed by atoms with van der Waals surface area (Å²) in [6.07, 6.45) is 12.4. The van der Waals surface area contributed by atoms with Crippen LogP contribution in [0.2, 0.25) is 0 Å². The van der Waals surface area contributed by atoms with Gasteiger partial charge in [0.05, 0.1) is 31.5 Å². The van der Waals surface area contributed by atoms with Crippen molar-refractivity contribution >= 4 is 0 Å². The molecule has 3 nitrogen and oxygen atoms in total. The van der Waals surface area contributed by atoms with E-state index in [2.05, 4.69) is 0 Å². The van der Waals surface area contributed by atoms with Crippen LogP contribution >= 0.6 is 0 Å². The van der Waals surface area contributed by atoms with Crippen molar-refractivity contribution < 1.29 is 14.2 Å². The number of unbranched alkanes of at least 4 members (excludes halogenated alkanes) is 1.